The van der Waals surface area contributed by atoms with Crippen LogP contribution < -0.4 is 5.32 Å². The molecule has 2 atom stereocenters. The van der Waals surface area contributed by atoms with Crippen LogP contribution >= 0.6 is 0 Å². The molecule has 92 valence electrons. The van der Waals surface area contributed by atoms with Crippen LogP contribution in [0.15, 0.2) is 0 Å². The van der Waals surface area contributed by atoms with E-state index in [1.165, 1.54) is 6.42 Å². The smallest absolute Gasteiger partial charge is 0.0775 e. The quantitative estimate of drug-likeness (QED) is 0.735. The van der Waals surface area contributed by atoms with Gasteiger partial charge in [0.15, 0.2) is 0 Å². The second kappa shape index (κ2) is 6.49. The Hall–Kier alpha value is -0.0800. The van der Waals surface area contributed by atoms with Gasteiger partial charge in [-0.15, -0.1) is 0 Å². The molecule has 2 unspecified atom stereocenters. The summed E-state index contributed by atoms with van der Waals surface area (Å²) in [7, 11) is 2.03. The highest BCUT2D eigenvalue weighted by atomic mass is 16.5. The SMILES string of the molecule is CCOC(C(CC(C)C)NC)C(C)(C)C. The molecule has 0 bridgehead atoms. The highest BCUT2D eigenvalue weighted by molar-refractivity contribution is 4.86. The van der Waals surface area contributed by atoms with Crippen LogP contribution in [0, 0.1) is 11.3 Å². The van der Waals surface area contributed by atoms with E-state index in [1.807, 2.05) is 7.05 Å². The molecule has 0 saturated heterocycles. The van der Waals surface area contributed by atoms with Crippen molar-refractivity contribution in [2.24, 2.45) is 11.3 Å². The molecule has 0 aliphatic rings. The van der Waals surface area contributed by atoms with E-state index in [0.29, 0.717) is 12.0 Å². The van der Waals surface area contributed by atoms with Crippen molar-refractivity contribution in [1.82, 2.24) is 5.32 Å². The predicted octanol–water partition coefficient (Wildman–Crippen LogP) is 3.07. The zero-order valence-corrected chi connectivity index (χ0v) is 11.6. The molecular formula is C13H29NO. The highest BCUT2D eigenvalue weighted by Gasteiger charge is 2.32. The zero-order valence-electron chi connectivity index (χ0n) is 11.6. The van der Waals surface area contributed by atoms with Gasteiger partial charge in [0.05, 0.1) is 6.10 Å². The first-order valence-electron chi connectivity index (χ1n) is 6.11. The monoisotopic (exact) mass is 215 g/mol. The fraction of sp³-hybridized carbons (Fsp3) is 1.00. The highest BCUT2D eigenvalue weighted by Crippen LogP contribution is 2.27. The average molecular weight is 215 g/mol. The molecule has 0 fully saturated rings. The Morgan fingerprint density at radius 3 is 2.00 bits per heavy atom. The molecule has 0 rings (SSSR count). The number of ether oxygens (including phenoxy) is 1. The normalized spacial score (nSPS) is 16.8. The molecule has 0 saturated carbocycles. The second-order valence-electron chi connectivity index (χ2n) is 5.77. The summed E-state index contributed by atoms with van der Waals surface area (Å²) in [6.07, 6.45) is 1.45. The summed E-state index contributed by atoms with van der Waals surface area (Å²) in [5, 5.41) is 3.40. The van der Waals surface area contributed by atoms with Crippen molar-refractivity contribution in [3.63, 3.8) is 0 Å². The summed E-state index contributed by atoms with van der Waals surface area (Å²) < 4.78 is 5.90. The van der Waals surface area contributed by atoms with Crippen molar-refractivity contribution in [3.05, 3.63) is 0 Å². The first kappa shape index (κ1) is 14.9. The average Bonchev–Trinajstić information content (AvgIpc) is 2.08. The predicted molar refractivity (Wildman–Crippen MR) is 67.2 cm³/mol. The number of likely N-dealkylation sites (N-methyl/N-ethyl adjacent to an activating group) is 1. The van der Waals surface area contributed by atoms with Crippen LogP contribution in [-0.4, -0.2) is 25.8 Å². The minimum atomic E-state index is 0.193. The van der Waals surface area contributed by atoms with Gasteiger partial charge in [-0.25, -0.2) is 0 Å². The lowest BCUT2D eigenvalue weighted by Crippen LogP contribution is -2.47. The van der Waals surface area contributed by atoms with Crippen molar-refractivity contribution in [2.75, 3.05) is 13.7 Å². The van der Waals surface area contributed by atoms with Gasteiger partial charge in [-0.2, -0.15) is 0 Å². The molecule has 0 aromatic rings. The van der Waals surface area contributed by atoms with Gasteiger partial charge in [-0.3, -0.25) is 0 Å². The van der Waals surface area contributed by atoms with Gasteiger partial charge >= 0.3 is 0 Å². The van der Waals surface area contributed by atoms with Crippen molar-refractivity contribution < 1.29 is 4.74 Å². The molecule has 2 heteroatoms. The van der Waals surface area contributed by atoms with E-state index < -0.39 is 0 Å². The first-order valence-corrected chi connectivity index (χ1v) is 6.11. The Morgan fingerprint density at radius 2 is 1.73 bits per heavy atom. The Bertz CT molecular complexity index is 160. The third-order valence-electron chi connectivity index (χ3n) is 2.66. The summed E-state index contributed by atoms with van der Waals surface area (Å²) >= 11 is 0. The van der Waals surface area contributed by atoms with Gasteiger partial charge in [0.2, 0.25) is 0 Å². The maximum Gasteiger partial charge on any atom is 0.0775 e. The lowest BCUT2D eigenvalue weighted by atomic mass is 9.82. The van der Waals surface area contributed by atoms with Gasteiger partial charge in [0, 0.05) is 12.6 Å². The van der Waals surface area contributed by atoms with Crippen LogP contribution in [0.2, 0.25) is 0 Å². The lowest BCUT2D eigenvalue weighted by molar-refractivity contribution is -0.0381. The zero-order chi connectivity index (χ0) is 12.1. The van der Waals surface area contributed by atoms with Crippen molar-refractivity contribution in [1.29, 1.82) is 0 Å². The molecule has 0 aliphatic carbocycles. The van der Waals surface area contributed by atoms with E-state index in [1.54, 1.807) is 0 Å². The van der Waals surface area contributed by atoms with E-state index in [2.05, 4.69) is 46.9 Å². The summed E-state index contributed by atoms with van der Waals surface area (Å²) in [5.41, 5.74) is 0.193. The van der Waals surface area contributed by atoms with Crippen molar-refractivity contribution in [2.45, 2.75) is 60.1 Å². The molecular weight excluding hydrogens is 186 g/mol. The summed E-state index contributed by atoms with van der Waals surface area (Å²) in [6.45, 7) is 14.1. The minimum Gasteiger partial charge on any atom is -0.376 e. The lowest BCUT2D eigenvalue weighted by Gasteiger charge is -2.37. The minimum absolute atomic E-state index is 0.193. The number of hydrogen-bond donors (Lipinski definition) is 1. The fourth-order valence-electron chi connectivity index (χ4n) is 2.05. The van der Waals surface area contributed by atoms with Crippen LogP contribution in [-0.2, 0) is 4.74 Å². The Balaban J connectivity index is 4.55. The standard InChI is InChI=1S/C13H29NO/c1-8-15-12(13(4,5)6)11(14-7)9-10(2)3/h10-12,14H,8-9H2,1-7H3. The molecule has 0 aliphatic heterocycles. The molecule has 0 radical (unpaired) electrons. The fourth-order valence-corrected chi connectivity index (χ4v) is 2.05. The summed E-state index contributed by atoms with van der Waals surface area (Å²) in [6, 6.07) is 0.449. The van der Waals surface area contributed by atoms with Gasteiger partial charge in [0.1, 0.15) is 0 Å². The van der Waals surface area contributed by atoms with E-state index in [0.717, 1.165) is 6.61 Å². The summed E-state index contributed by atoms with van der Waals surface area (Å²) in [5.74, 6) is 0.702. The first-order chi connectivity index (χ1) is 6.82. The Kier molecular flexibility index (Phi) is 6.46. The maximum absolute atomic E-state index is 5.90. The molecule has 0 aromatic carbocycles. The third-order valence-corrected chi connectivity index (χ3v) is 2.66. The second-order valence-corrected chi connectivity index (χ2v) is 5.77. The number of nitrogens with one attached hydrogen (secondary N) is 1. The Morgan fingerprint density at radius 1 is 1.20 bits per heavy atom. The van der Waals surface area contributed by atoms with Crippen LogP contribution in [0.5, 0.6) is 0 Å². The summed E-state index contributed by atoms with van der Waals surface area (Å²) in [4.78, 5) is 0. The van der Waals surface area contributed by atoms with Gasteiger partial charge in [-0.1, -0.05) is 34.6 Å². The van der Waals surface area contributed by atoms with E-state index in [9.17, 15) is 0 Å². The van der Waals surface area contributed by atoms with Gasteiger partial charge in [-0.05, 0) is 31.7 Å². The molecule has 1 N–H and O–H groups in total. The maximum atomic E-state index is 5.90. The van der Waals surface area contributed by atoms with E-state index in [4.69, 9.17) is 4.74 Å². The molecule has 0 spiro atoms. The molecule has 0 heterocycles. The molecule has 0 aromatic heterocycles. The molecule has 2 nitrogen and oxygen atoms in total. The van der Waals surface area contributed by atoms with E-state index >= 15 is 0 Å². The van der Waals surface area contributed by atoms with Crippen LogP contribution in [0.1, 0.15) is 48.0 Å². The largest absolute Gasteiger partial charge is 0.376 e. The van der Waals surface area contributed by atoms with Crippen LogP contribution in [0.4, 0.5) is 0 Å². The molecule has 15 heavy (non-hydrogen) atoms. The number of rotatable bonds is 6. The molecule has 0 amide bonds. The Labute approximate surface area is 95.8 Å². The van der Waals surface area contributed by atoms with Crippen molar-refractivity contribution >= 4 is 0 Å². The van der Waals surface area contributed by atoms with Gasteiger partial charge < -0.3 is 10.1 Å². The topological polar surface area (TPSA) is 21.3 Å². The third kappa shape index (κ3) is 5.53. The number of hydrogen-bond acceptors (Lipinski definition) is 2. The van der Waals surface area contributed by atoms with Crippen LogP contribution in [0.3, 0.4) is 0 Å². The van der Waals surface area contributed by atoms with E-state index in [-0.39, 0.29) is 11.5 Å². The van der Waals surface area contributed by atoms with Gasteiger partial charge in [0.25, 0.3) is 0 Å². The van der Waals surface area contributed by atoms with Crippen molar-refractivity contribution in [3.8, 4) is 0 Å². The van der Waals surface area contributed by atoms with Crippen LogP contribution in [0.25, 0.3) is 0 Å².